The molecule has 3 N–H and O–H groups in total. The molecule has 1 atom stereocenters. The van der Waals surface area contributed by atoms with Crippen molar-refractivity contribution in [2.45, 2.75) is 32.4 Å². The first kappa shape index (κ1) is 19.1. The summed E-state index contributed by atoms with van der Waals surface area (Å²) >= 11 is 0. The fraction of sp³-hybridized carbons (Fsp3) is 0.318. The second-order valence-electron chi connectivity index (χ2n) is 7.73. The first-order valence-corrected chi connectivity index (χ1v) is 9.09. The maximum absolute atomic E-state index is 11.2. The van der Waals surface area contributed by atoms with Gasteiger partial charge in [-0.3, -0.25) is 4.79 Å². The molecule has 1 heterocycles. The molecule has 0 aliphatic rings. The van der Waals surface area contributed by atoms with Crippen LogP contribution in [0.2, 0.25) is 0 Å². The summed E-state index contributed by atoms with van der Waals surface area (Å²) in [4.78, 5) is 14.5. The van der Waals surface area contributed by atoms with Gasteiger partial charge in [-0.05, 0) is 62.7 Å². The van der Waals surface area contributed by atoms with E-state index in [1.54, 1.807) is 0 Å². The van der Waals surface area contributed by atoms with E-state index in [1.807, 2.05) is 48.5 Å². The van der Waals surface area contributed by atoms with E-state index in [-0.39, 0.29) is 12.1 Å². The van der Waals surface area contributed by atoms with Crippen LogP contribution >= 0.6 is 0 Å². The fourth-order valence-electron chi connectivity index (χ4n) is 2.84. The highest BCUT2D eigenvalue weighted by atomic mass is 16.5. The molecule has 0 bridgehead atoms. The van der Waals surface area contributed by atoms with Crippen molar-refractivity contribution in [2.75, 3.05) is 13.2 Å². The highest BCUT2D eigenvalue weighted by Gasteiger charge is 2.13. The zero-order valence-electron chi connectivity index (χ0n) is 16.0. The van der Waals surface area contributed by atoms with Gasteiger partial charge in [0.1, 0.15) is 18.5 Å². The summed E-state index contributed by atoms with van der Waals surface area (Å²) in [6, 6.07) is 15.3. The molecule has 0 saturated heterocycles. The van der Waals surface area contributed by atoms with Gasteiger partial charge < -0.3 is 20.1 Å². The fourth-order valence-corrected chi connectivity index (χ4v) is 2.84. The van der Waals surface area contributed by atoms with Crippen molar-refractivity contribution < 1.29 is 14.6 Å². The van der Waals surface area contributed by atoms with Crippen LogP contribution < -0.4 is 10.1 Å². The Kier molecular flexibility index (Phi) is 5.63. The Morgan fingerprint density at radius 2 is 1.93 bits per heavy atom. The highest BCUT2D eigenvalue weighted by molar-refractivity contribution is 5.99. The number of hydrogen-bond acceptors (Lipinski definition) is 4. The molecule has 1 aromatic heterocycles. The summed E-state index contributed by atoms with van der Waals surface area (Å²) in [7, 11) is 0. The summed E-state index contributed by atoms with van der Waals surface area (Å²) in [5, 5.41) is 14.2. The standard InChI is InChI=1S/C22H26N2O3/c1-22(2,3)23-12-17(26)14-27-18-9-7-15(8-10-18)21-11-19-16(13-25)5-4-6-20(19)24-21/h4-11,13,17,23-24,26H,12,14H2,1-3H3. The maximum atomic E-state index is 11.2. The van der Waals surface area contributed by atoms with Gasteiger partial charge in [-0.15, -0.1) is 0 Å². The molecule has 0 radical (unpaired) electrons. The molecule has 0 spiro atoms. The molecule has 27 heavy (non-hydrogen) atoms. The van der Waals surface area contributed by atoms with E-state index in [0.717, 1.165) is 28.4 Å². The first-order chi connectivity index (χ1) is 12.9. The number of ether oxygens (including phenoxy) is 1. The number of aldehydes is 1. The molecule has 3 aromatic rings. The Morgan fingerprint density at radius 3 is 2.59 bits per heavy atom. The van der Waals surface area contributed by atoms with Crippen molar-refractivity contribution in [3.63, 3.8) is 0 Å². The topological polar surface area (TPSA) is 74.3 Å². The number of carbonyl (C=O) groups excluding carboxylic acids is 1. The molecular weight excluding hydrogens is 340 g/mol. The van der Waals surface area contributed by atoms with Crippen LogP contribution in [0.4, 0.5) is 0 Å². The number of fused-ring (bicyclic) bond motifs is 1. The van der Waals surface area contributed by atoms with Crippen LogP contribution in [0.25, 0.3) is 22.2 Å². The Bertz CT molecular complexity index is 907. The molecule has 5 nitrogen and oxygen atoms in total. The van der Waals surface area contributed by atoms with E-state index in [9.17, 15) is 9.90 Å². The Balaban J connectivity index is 1.64. The molecular formula is C22H26N2O3. The zero-order valence-corrected chi connectivity index (χ0v) is 16.0. The van der Waals surface area contributed by atoms with Gasteiger partial charge in [-0.2, -0.15) is 0 Å². The van der Waals surface area contributed by atoms with Crippen LogP contribution in [0.1, 0.15) is 31.1 Å². The molecule has 0 aliphatic carbocycles. The number of benzene rings is 2. The number of aromatic nitrogens is 1. The number of aliphatic hydroxyl groups excluding tert-OH is 1. The van der Waals surface area contributed by atoms with E-state index < -0.39 is 6.10 Å². The molecule has 5 heteroatoms. The van der Waals surface area contributed by atoms with E-state index >= 15 is 0 Å². The number of carbonyl (C=O) groups is 1. The van der Waals surface area contributed by atoms with Crippen molar-refractivity contribution in [3.05, 3.63) is 54.1 Å². The van der Waals surface area contributed by atoms with Gasteiger partial charge in [0, 0.05) is 34.2 Å². The van der Waals surface area contributed by atoms with Crippen LogP contribution in [-0.2, 0) is 0 Å². The summed E-state index contributed by atoms with van der Waals surface area (Å²) in [6.45, 7) is 6.89. The molecule has 1 unspecified atom stereocenters. The lowest BCUT2D eigenvalue weighted by Gasteiger charge is -2.22. The number of nitrogens with one attached hydrogen (secondary N) is 2. The van der Waals surface area contributed by atoms with Gasteiger partial charge in [0.25, 0.3) is 0 Å². The lowest BCUT2D eigenvalue weighted by Crippen LogP contribution is -2.42. The lowest BCUT2D eigenvalue weighted by molar-refractivity contribution is 0.100. The monoisotopic (exact) mass is 366 g/mol. The van der Waals surface area contributed by atoms with Crippen LogP contribution in [0.15, 0.2) is 48.5 Å². The largest absolute Gasteiger partial charge is 0.491 e. The normalized spacial score (nSPS) is 12.9. The van der Waals surface area contributed by atoms with Crippen molar-refractivity contribution in [1.29, 1.82) is 0 Å². The molecule has 3 rings (SSSR count). The predicted molar refractivity (Wildman–Crippen MR) is 108 cm³/mol. The number of H-pyrrole nitrogens is 1. The molecule has 142 valence electrons. The van der Waals surface area contributed by atoms with E-state index in [0.29, 0.717) is 17.9 Å². The summed E-state index contributed by atoms with van der Waals surface area (Å²) < 4.78 is 5.67. The van der Waals surface area contributed by atoms with E-state index in [1.165, 1.54) is 0 Å². The molecule has 0 aliphatic heterocycles. The van der Waals surface area contributed by atoms with Crippen LogP contribution in [0.3, 0.4) is 0 Å². The summed E-state index contributed by atoms with van der Waals surface area (Å²) in [5.41, 5.74) is 3.52. The average molecular weight is 366 g/mol. The lowest BCUT2D eigenvalue weighted by atomic mass is 10.1. The number of aromatic amines is 1. The Hall–Kier alpha value is -2.63. The molecule has 0 saturated carbocycles. The van der Waals surface area contributed by atoms with Crippen LogP contribution in [0.5, 0.6) is 5.75 Å². The highest BCUT2D eigenvalue weighted by Crippen LogP contribution is 2.27. The van der Waals surface area contributed by atoms with Gasteiger partial charge >= 0.3 is 0 Å². The third-order valence-electron chi connectivity index (χ3n) is 4.30. The van der Waals surface area contributed by atoms with Gasteiger partial charge in [0.05, 0.1) is 0 Å². The third kappa shape index (κ3) is 4.96. The second-order valence-corrected chi connectivity index (χ2v) is 7.73. The van der Waals surface area contributed by atoms with Gasteiger partial charge in [-0.25, -0.2) is 0 Å². The molecule has 2 aromatic carbocycles. The SMILES string of the molecule is CC(C)(C)NCC(O)COc1ccc(-c2cc3c(C=O)cccc3[nH]2)cc1. The Morgan fingerprint density at radius 1 is 1.19 bits per heavy atom. The van der Waals surface area contributed by atoms with Crippen molar-refractivity contribution in [2.24, 2.45) is 0 Å². The average Bonchev–Trinajstić information content (AvgIpc) is 3.08. The quantitative estimate of drug-likeness (QED) is 0.557. The summed E-state index contributed by atoms with van der Waals surface area (Å²) in [6.07, 6.45) is 0.302. The smallest absolute Gasteiger partial charge is 0.150 e. The molecule has 0 amide bonds. The maximum Gasteiger partial charge on any atom is 0.150 e. The zero-order chi connectivity index (χ0) is 19.4. The van der Waals surface area contributed by atoms with E-state index in [4.69, 9.17) is 4.74 Å². The van der Waals surface area contributed by atoms with Crippen molar-refractivity contribution in [1.82, 2.24) is 10.3 Å². The number of hydrogen-bond donors (Lipinski definition) is 3. The molecule has 0 fully saturated rings. The van der Waals surface area contributed by atoms with E-state index in [2.05, 4.69) is 31.1 Å². The van der Waals surface area contributed by atoms with Crippen LogP contribution in [0, 0.1) is 0 Å². The minimum absolute atomic E-state index is 0.0358. The van der Waals surface area contributed by atoms with Crippen molar-refractivity contribution >= 4 is 17.2 Å². The number of rotatable bonds is 7. The Labute approximate surface area is 159 Å². The minimum atomic E-state index is -0.570. The van der Waals surface area contributed by atoms with Gasteiger partial charge in [0.15, 0.2) is 6.29 Å². The minimum Gasteiger partial charge on any atom is -0.491 e. The first-order valence-electron chi connectivity index (χ1n) is 9.09. The summed E-state index contributed by atoms with van der Waals surface area (Å²) in [5.74, 6) is 0.707. The van der Waals surface area contributed by atoms with Gasteiger partial charge in [-0.1, -0.05) is 12.1 Å². The number of β-amino-alcohol motifs (C(OH)–C–C–N with tert-alkyl or cyclic N) is 1. The third-order valence-corrected chi connectivity index (χ3v) is 4.30. The second kappa shape index (κ2) is 7.94. The number of aliphatic hydroxyl groups is 1. The van der Waals surface area contributed by atoms with Crippen LogP contribution in [-0.4, -0.2) is 41.2 Å². The van der Waals surface area contributed by atoms with Crippen molar-refractivity contribution in [3.8, 4) is 17.0 Å². The predicted octanol–water partition coefficient (Wildman–Crippen LogP) is 3.78. The van der Waals surface area contributed by atoms with Gasteiger partial charge in [0.2, 0.25) is 0 Å².